The van der Waals surface area contributed by atoms with Crippen molar-refractivity contribution in [1.29, 1.82) is 0 Å². The van der Waals surface area contributed by atoms with E-state index in [0.29, 0.717) is 36.0 Å². The fraction of sp³-hybridized carbons (Fsp3) is 0.188. The molecule has 0 N–H and O–H groups in total. The van der Waals surface area contributed by atoms with E-state index in [1.54, 1.807) is 29.1 Å². The van der Waals surface area contributed by atoms with E-state index in [1.807, 2.05) is 54.6 Å². The Hall–Kier alpha value is -4.91. The smallest absolute Gasteiger partial charge is 0.240 e. The highest BCUT2D eigenvalue weighted by Crippen LogP contribution is 2.40. The molecule has 1 aromatic heterocycles. The van der Waals surface area contributed by atoms with Crippen LogP contribution in [0.5, 0.6) is 5.75 Å². The maximum atomic E-state index is 11.0. The normalized spacial score (nSPS) is 13.9. The van der Waals surface area contributed by atoms with Crippen molar-refractivity contribution in [3.05, 3.63) is 126 Å². The lowest BCUT2D eigenvalue weighted by Gasteiger charge is -2.34. The lowest BCUT2D eigenvalue weighted by atomic mass is 9.77. The maximum Gasteiger partial charge on any atom is 0.240 e. The van der Waals surface area contributed by atoms with Gasteiger partial charge in [0, 0.05) is 12.8 Å². The number of nitrogens with zero attached hydrogens (tertiary/aromatic N) is 5. The number of carbonyl (C=O) groups excluding carboxylic acids is 1. The lowest BCUT2D eigenvalue weighted by molar-refractivity contribution is 0.0258. The molecule has 5 aromatic rings. The largest absolute Gasteiger partial charge is 0.489 e. The van der Waals surface area contributed by atoms with E-state index in [-0.39, 0.29) is 6.10 Å². The van der Waals surface area contributed by atoms with Crippen LogP contribution in [0.4, 0.5) is 5.69 Å². The molecule has 1 fully saturated rings. The SMILES string of the molecule is O=C=Nc1ccc(OC2CCOCC2)c(-c2nnn(C(c3ccccc3)(c3ccccc3)c3ccccc3)n2)c1. The van der Waals surface area contributed by atoms with Gasteiger partial charge in [-0.15, -0.1) is 15.0 Å². The van der Waals surface area contributed by atoms with Gasteiger partial charge in [0.05, 0.1) is 24.5 Å². The molecule has 6 rings (SSSR count). The number of hydrogen-bond acceptors (Lipinski definition) is 7. The van der Waals surface area contributed by atoms with Gasteiger partial charge in [-0.3, -0.25) is 0 Å². The second-order valence-corrected chi connectivity index (χ2v) is 9.52. The number of ether oxygens (including phenoxy) is 2. The highest BCUT2D eigenvalue weighted by Gasteiger charge is 2.41. The molecule has 8 heteroatoms. The van der Waals surface area contributed by atoms with E-state index in [9.17, 15) is 4.79 Å². The Morgan fingerprint density at radius 2 is 1.40 bits per heavy atom. The predicted octanol–water partition coefficient (Wildman–Crippen LogP) is 5.71. The summed E-state index contributed by atoms with van der Waals surface area (Å²) in [5, 5.41) is 14.2. The summed E-state index contributed by atoms with van der Waals surface area (Å²) >= 11 is 0. The third kappa shape index (κ3) is 4.82. The van der Waals surface area contributed by atoms with Crippen molar-refractivity contribution >= 4 is 11.8 Å². The Morgan fingerprint density at radius 1 is 0.825 bits per heavy atom. The van der Waals surface area contributed by atoms with E-state index in [0.717, 1.165) is 29.5 Å². The highest BCUT2D eigenvalue weighted by atomic mass is 16.5. The third-order valence-corrected chi connectivity index (χ3v) is 7.13. The van der Waals surface area contributed by atoms with Crippen LogP contribution in [0.1, 0.15) is 29.5 Å². The van der Waals surface area contributed by atoms with Crippen molar-refractivity contribution in [2.75, 3.05) is 13.2 Å². The summed E-state index contributed by atoms with van der Waals surface area (Å²) in [5.41, 5.74) is 3.06. The zero-order valence-corrected chi connectivity index (χ0v) is 21.8. The third-order valence-electron chi connectivity index (χ3n) is 7.13. The summed E-state index contributed by atoms with van der Waals surface area (Å²) in [5.74, 6) is 0.957. The van der Waals surface area contributed by atoms with Crippen molar-refractivity contribution in [3.8, 4) is 17.1 Å². The summed E-state index contributed by atoms with van der Waals surface area (Å²) in [6.45, 7) is 1.30. The standard InChI is InChI=1S/C32H27N5O3/c38-23-33-27-16-17-30(40-28-18-20-39-21-19-28)29(22-27)31-34-36-37(35-31)32(24-10-4-1-5-11-24,25-12-6-2-7-13-25)26-14-8-3-9-15-26/h1-17,22,28H,18-21H2. The zero-order chi connectivity index (χ0) is 27.2. The van der Waals surface area contributed by atoms with Crippen LogP contribution in [-0.4, -0.2) is 45.6 Å². The van der Waals surface area contributed by atoms with E-state index in [1.165, 1.54) is 0 Å². The average Bonchev–Trinajstić information content (AvgIpc) is 3.51. The van der Waals surface area contributed by atoms with Crippen LogP contribution < -0.4 is 4.74 Å². The molecule has 0 amide bonds. The van der Waals surface area contributed by atoms with Crippen molar-refractivity contribution in [3.63, 3.8) is 0 Å². The number of rotatable bonds is 8. The van der Waals surface area contributed by atoms with Gasteiger partial charge in [0.1, 0.15) is 11.9 Å². The highest BCUT2D eigenvalue weighted by molar-refractivity contribution is 5.69. The molecule has 8 nitrogen and oxygen atoms in total. The fourth-order valence-corrected chi connectivity index (χ4v) is 5.24. The first-order valence-electron chi connectivity index (χ1n) is 13.2. The van der Waals surface area contributed by atoms with Gasteiger partial charge in [0.15, 0.2) is 5.54 Å². The molecular weight excluding hydrogens is 502 g/mol. The summed E-state index contributed by atoms with van der Waals surface area (Å²) < 4.78 is 11.9. The Bertz CT molecular complexity index is 1510. The van der Waals surface area contributed by atoms with E-state index >= 15 is 0 Å². The van der Waals surface area contributed by atoms with Gasteiger partial charge in [-0.2, -0.15) is 4.99 Å². The van der Waals surface area contributed by atoms with Crippen LogP contribution in [0.2, 0.25) is 0 Å². The summed E-state index contributed by atoms with van der Waals surface area (Å²) in [4.78, 5) is 16.5. The first-order valence-corrected chi connectivity index (χ1v) is 13.2. The second kappa shape index (κ2) is 11.5. The number of isocyanates is 1. The van der Waals surface area contributed by atoms with Crippen molar-refractivity contribution in [1.82, 2.24) is 20.2 Å². The molecule has 1 aliphatic heterocycles. The number of hydrogen-bond donors (Lipinski definition) is 0. The molecule has 0 aliphatic carbocycles. The minimum Gasteiger partial charge on any atom is -0.489 e. The molecule has 0 bridgehead atoms. The van der Waals surface area contributed by atoms with Crippen LogP contribution >= 0.6 is 0 Å². The molecule has 1 aliphatic rings. The molecule has 4 aromatic carbocycles. The Kier molecular flexibility index (Phi) is 7.26. The molecule has 0 radical (unpaired) electrons. The number of benzene rings is 4. The monoisotopic (exact) mass is 529 g/mol. The summed E-state index contributed by atoms with van der Waals surface area (Å²) in [6.07, 6.45) is 3.18. The molecule has 40 heavy (non-hydrogen) atoms. The van der Waals surface area contributed by atoms with Gasteiger partial charge in [0.2, 0.25) is 11.9 Å². The zero-order valence-electron chi connectivity index (χ0n) is 21.8. The van der Waals surface area contributed by atoms with Crippen LogP contribution in [0, 0.1) is 0 Å². The van der Waals surface area contributed by atoms with Gasteiger partial charge >= 0.3 is 0 Å². The van der Waals surface area contributed by atoms with Gasteiger partial charge in [0.25, 0.3) is 0 Å². The first-order chi connectivity index (χ1) is 19.8. The predicted molar refractivity (Wildman–Crippen MR) is 150 cm³/mol. The van der Waals surface area contributed by atoms with E-state index in [2.05, 4.69) is 51.7 Å². The Balaban J connectivity index is 1.54. The quantitative estimate of drug-likeness (QED) is 0.145. The summed E-state index contributed by atoms with van der Waals surface area (Å²) in [6, 6.07) is 35.7. The number of aliphatic imine (C=N–C) groups is 1. The van der Waals surface area contributed by atoms with Crippen molar-refractivity contribution < 1.29 is 14.3 Å². The Morgan fingerprint density at radius 3 is 1.95 bits per heavy atom. The molecule has 0 spiro atoms. The molecular formula is C32H27N5O3. The molecule has 1 saturated heterocycles. The molecule has 0 unspecified atom stereocenters. The lowest BCUT2D eigenvalue weighted by Crippen LogP contribution is -2.39. The van der Waals surface area contributed by atoms with Gasteiger partial charge in [-0.05, 0) is 40.1 Å². The molecule has 0 atom stereocenters. The number of tetrazole rings is 1. The van der Waals surface area contributed by atoms with Crippen molar-refractivity contribution in [2.24, 2.45) is 4.99 Å². The van der Waals surface area contributed by atoms with Crippen LogP contribution in [0.25, 0.3) is 11.4 Å². The van der Waals surface area contributed by atoms with Crippen LogP contribution in [0.15, 0.2) is 114 Å². The minimum absolute atomic E-state index is 0.0000131. The van der Waals surface area contributed by atoms with Gasteiger partial charge < -0.3 is 9.47 Å². The summed E-state index contributed by atoms with van der Waals surface area (Å²) in [7, 11) is 0. The van der Waals surface area contributed by atoms with Crippen molar-refractivity contribution in [2.45, 2.75) is 24.5 Å². The van der Waals surface area contributed by atoms with E-state index in [4.69, 9.17) is 14.6 Å². The first kappa shape index (κ1) is 25.4. The van der Waals surface area contributed by atoms with Crippen LogP contribution in [0.3, 0.4) is 0 Å². The number of aromatic nitrogens is 4. The second-order valence-electron chi connectivity index (χ2n) is 9.52. The molecule has 2 heterocycles. The van der Waals surface area contributed by atoms with Gasteiger partial charge in [-0.1, -0.05) is 91.0 Å². The van der Waals surface area contributed by atoms with Gasteiger partial charge in [-0.25, -0.2) is 4.79 Å². The topological polar surface area (TPSA) is 91.5 Å². The minimum atomic E-state index is -0.907. The average molecular weight is 530 g/mol. The van der Waals surface area contributed by atoms with Crippen LogP contribution in [-0.2, 0) is 15.1 Å². The molecule has 198 valence electrons. The van der Waals surface area contributed by atoms with E-state index < -0.39 is 5.54 Å². The maximum absolute atomic E-state index is 11.0. The molecule has 0 saturated carbocycles. The fourth-order valence-electron chi connectivity index (χ4n) is 5.24. The Labute approximate surface area is 231 Å².